The molecule has 4 heteroatoms. The van der Waals surface area contributed by atoms with Gasteiger partial charge in [-0.2, -0.15) is 0 Å². The molecule has 1 N–H and O–H groups in total. The molecule has 0 fully saturated rings. The van der Waals surface area contributed by atoms with Gasteiger partial charge in [-0.25, -0.2) is 4.98 Å². The van der Waals surface area contributed by atoms with Crippen molar-refractivity contribution in [1.29, 1.82) is 0 Å². The second-order valence-electron chi connectivity index (χ2n) is 2.88. The molecule has 1 aromatic carbocycles. The molecule has 0 radical (unpaired) electrons. The lowest BCUT2D eigenvalue weighted by molar-refractivity contribution is 0.282. The fourth-order valence-corrected chi connectivity index (χ4v) is 2.87. The van der Waals surface area contributed by atoms with Crippen LogP contribution < -0.4 is 0 Å². The van der Waals surface area contributed by atoms with Crippen molar-refractivity contribution in [2.45, 2.75) is 13.5 Å². The molecule has 0 amide bonds. The standard InChI is InChI=1S/C9H8BrNOS/c1-5-2-6(4-12)3-7-8(5)11-9(10)13-7/h2-3,12H,4H2,1H3. The van der Waals surface area contributed by atoms with Gasteiger partial charge in [-0.3, -0.25) is 0 Å². The first kappa shape index (κ1) is 9.12. The number of thiazole rings is 1. The van der Waals surface area contributed by atoms with Crippen molar-refractivity contribution in [2.75, 3.05) is 0 Å². The molecule has 0 atom stereocenters. The van der Waals surface area contributed by atoms with Gasteiger partial charge in [-0.05, 0) is 40.0 Å². The lowest BCUT2D eigenvalue weighted by Gasteiger charge is -1.98. The Morgan fingerprint density at radius 3 is 3.00 bits per heavy atom. The number of aliphatic hydroxyl groups is 1. The number of benzene rings is 1. The number of hydrogen-bond acceptors (Lipinski definition) is 3. The van der Waals surface area contributed by atoms with Crippen molar-refractivity contribution < 1.29 is 5.11 Å². The lowest BCUT2D eigenvalue weighted by atomic mass is 10.1. The number of halogens is 1. The minimum Gasteiger partial charge on any atom is -0.392 e. The van der Waals surface area contributed by atoms with Crippen LogP contribution in [0.1, 0.15) is 11.1 Å². The van der Waals surface area contributed by atoms with Crippen LogP contribution in [-0.2, 0) is 6.61 Å². The lowest BCUT2D eigenvalue weighted by Crippen LogP contribution is -1.84. The second kappa shape index (κ2) is 3.36. The van der Waals surface area contributed by atoms with Gasteiger partial charge in [0, 0.05) is 0 Å². The van der Waals surface area contributed by atoms with E-state index in [1.165, 1.54) is 0 Å². The van der Waals surface area contributed by atoms with E-state index in [2.05, 4.69) is 20.9 Å². The van der Waals surface area contributed by atoms with Gasteiger partial charge in [0.15, 0.2) is 3.92 Å². The first-order chi connectivity index (χ1) is 6.20. The molecule has 1 aromatic heterocycles. The number of hydrogen-bond donors (Lipinski definition) is 1. The normalized spacial score (nSPS) is 11.0. The predicted octanol–water partition coefficient (Wildman–Crippen LogP) is 2.86. The van der Waals surface area contributed by atoms with E-state index in [0.29, 0.717) is 0 Å². The quantitative estimate of drug-likeness (QED) is 0.853. The summed E-state index contributed by atoms with van der Waals surface area (Å²) >= 11 is 4.94. The fourth-order valence-electron chi connectivity index (χ4n) is 1.33. The summed E-state index contributed by atoms with van der Waals surface area (Å²) in [6.45, 7) is 2.10. The minimum atomic E-state index is 0.0896. The third kappa shape index (κ3) is 1.61. The van der Waals surface area contributed by atoms with Gasteiger partial charge in [-0.1, -0.05) is 6.07 Å². The van der Waals surface area contributed by atoms with E-state index < -0.39 is 0 Å². The van der Waals surface area contributed by atoms with E-state index in [9.17, 15) is 0 Å². The van der Waals surface area contributed by atoms with E-state index in [0.717, 1.165) is 25.3 Å². The highest BCUT2D eigenvalue weighted by molar-refractivity contribution is 9.11. The van der Waals surface area contributed by atoms with Crippen LogP contribution in [0, 0.1) is 6.92 Å². The van der Waals surface area contributed by atoms with Crippen LogP contribution in [0.3, 0.4) is 0 Å². The summed E-state index contributed by atoms with van der Waals surface area (Å²) in [5.41, 5.74) is 3.08. The van der Waals surface area contributed by atoms with Crippen LogP contribution in [0.2, 0.25) is 0 Å². The SMILES string of the molecule is Cc1cc(CO)cc2sc(Br)nc12. The molecule has 1 heterocycles. The smallest absolute Gasteiger partial charge is 0.160 e. The molecule has 2 rings (SSSR count). The maximum atomic E-state index is 9.00. The van der Waals surface area contributed by atoms with Crippen LogP contribution in [0.4, 0.5) is 0 Å². The number of nitrogens with zero attached hydrogens (tertiary/aromatic N) is 1. The van der Waals surface area contributed by atoms with Gasteiger partial charge in [0.05, 0.1) is 16.8 Å². The summed E-state index contributed by atoms with van der Waals surface area (Å²) in [7, 11) is 0. The van der Waals surface area contributed by atoms with E-state index >= 15 is 0 Å². The molecule has 0 spiro atoms. The van der Waals surface area contributed by atoms with E-state index in [1.807, 2.05) is 19.1 Å². The number of fused-ring (bicyclic) bond motifs is 1. The van der Waals surface area contributed by atoms with Crippen molar-refractivity contribution in [2.24, 2.45) is 0 Å². The van der Waals surface area contributed by atoms with Crippen molar-refractivity contribution in [3.05, 3.63) is 27.2 Å². The third-order valence-corrected chi connectivity index (χ3v) is 3.36. The minimum absolute atomic E-state index is 0.0896. The van der Waals surface area contributed by atoms with Crippen LogP contribution >= 0.6 is 27.3 Å². The summed E-state index contributed by atoms with van der Waals surface area (Å²) in [6, 6.07) is 3.94. The molecular weight excluding hydrogens is 250 g/mol. The van der Waals surface area contributed by atoms with Crippen molar-refractivity contribution in [3.63, 3.8) is 0 Å². The molecule has 0 aliphatic rings. The third-order valence-electron chi connectivity index (χ3n) is 1.90. The Labute approximate surface area is 88.4 Å². The zero-order valence-electron chi connectivity index (χ0n) is 7.04. The molecular formula is C9H8BrNOS. The topological polar surface area (TPSA) is 33.1 Å². The zero-order chi connectivity index (χ0) is 9.42. The number of rotatable bonds is 1. The Kier molecular flexibility index (Phi) is 2.36. The second-order valence-corrected chi connectivity index (χ2v) is 5.19. The first-order valence-electron chi connectivity index (χ1n) is 3.87. The highest BCUT2D eigenvalue weighted by Crippen LogP contribution is 2.29. The van der Waals surface area contributed by atoms with Crippen LogP contribution in [-0.4, -0.2) is 10.1 Å². The summed E-state index contributed by atoms with van der Waals surface area (Å²) in [4.78, 5) is 4.34. The maximum Gasteiger partial charge on any atom is 0.160 e. The Hall–Kier alpha value is -0.450. The van der Waals surface area contributed by atoms with E-state index in [-0.39, 0.29) is 6.61 Å². The number of aliphatic hydroxyl groups excluding tert-OH is 1. The number of aromatic nitrogens is 1. The maximum absolute atomic E-state index is 9.00. The summed E-state index contributed by atoms with van der Waals surface area (Å²) in [5, 5.41) is 9.00. The predicted molar refractivity (Wildman–Crippen MR) is 58.0 cm³/mol. The average molecular weight is 258 g/mol. The van der Waals surface area contributed by atoms with Crippen LogP contribution in [0.25, 0.3) is 10.2 Å². The highest BCUT2D eigenvalue weighted by atomic mass is 79.9. The molecule has 13 heavy (non-hydrogen) atoms. The van der Waals surface area contributed by atoms with Gasteiger partial charge < -0.3 is 5.11 Å². The Morgan fingerprint density at radius 2 is 2.31 bits per heavy atom. The molecule has 0 unspecified atom stereocenters. The molecule has 2 aromatic rings. The molecule has 0 aliphatic carbocycles. The monoisotopic (exact) mass is 257 g/mol. The summed E-state index contributed by atoms with van der Waals surface area (Å²) in [6.07, 6.45) is 0. The summed E-state index contributed by atoms with van der Waals surface area (Å²) in [5.74, 6) is 0. The molecule has 0 saturated carbocycles. The van der Waals surface area contributed by atoms with E-state index in [1.54, 1.807) is 11.3 Å². The largest absolute Gasteiger partial charge is 0.392 e. The highest BCUT2D eigenvalue weighted by Gasteiger charge is 2.05. The molecule has 0 saturated heterocycles. The average Bonchev–Trinajstić information content (AvgIpc) is 2.46. The summed E-state index contributed by atoms with van der Waals surface area (Å²) < 4.78 is 2.01. The van der Waals surface area contributed by atoms with Crippen molar-refractivity contribution in [3.8, 4) is 0 Å². The molecule has 0 bridgehead atoms. The molecule has 0 aliphatic heterocycles. The van der Waals surface area contributed by atoms with Crippen molar-refractivity contribution in [1.82, 2.24) is 4.98 Å². The Bertz CT molecular complexity index is 452. The van der Waals surface area contributed by atoms with Gasteiger partial charge in [0.25, 0.3) is 0 Å². The molecule has 2 nitrogen and oxygen atoms in total. The van der Waals surface area contributed by atoms with Gasteiger partial charge in [-0.15, -0.1) is 11.3 Å². The van der Waals surface area contributed by atoms with Crippen LogP contribution in [0.5, 0.6) is 0 Å². The number of aryl methyl sites for hydroxylation is 1. The fraction of sp³-hybridized carbons (Fsp3) is 0.222. The Balaban J connectivity index is 2.75. The zero-order valence-corrected chi connectivity index (χ0v) is 9.44. The van der Waals surface area contributed by atoms with Crippen LogP contribution in [0.15, 0.2) is 16.0 Å². The van der Waals surface area contributed by atoms with Crippen molar-refractivity contribution >= 4 is 37.5 Å². The molecule has 68 valence electrons. The van der Waals surface area contributed by atoms with E-state index in [4.69, 9.17) is 5.11 Å². The Morgan fingerprint density at radius 1 is 1.54 bits per heavy atom. The van der Waals surface area contributed by atoms with Gasteiger partial charge in [0.2, 0.25) is 0 Å². The van der Waals surface area contributed by atoms with Gasteiger partial charge in [0.1, 0.15) is 0 Å². The first-order valence-corrected chi connectivity index (χ1v) is 5.48. The van der Waals surface area contributed by atoms with Gasteiger partial charge >= 0.3 is 0 Å².